The van der Waals surface area contributed by atoms with Crippen LogP contribution in [0.1, 0.15) is 27.2 Å². The Kier molecular flexibility index (Phi) is 5.01. The van der Waals surface area contributed by atoms with E-state index in [0.717, 1.165) is 0 Å². The molecule has 1 aromatic carbocycles. The molecular formula is C15H17F2N3S. The summed E-state index contributed by atoms with van der Waals surface area (Å²) < 4.78 is 28.8. The minimum Gasteiger partial charge on any atom is -0.354 e. The van der Waals surface area contributed by atoms with Crippen LogP contribution in [0.5, 0.6) is 0 Å². The quantitative estimate of drug-likeness (QED) is 0.809. The lowest BCUT2D eigenvalue weighted by Crippen LogP contribution is -2.04. The van der Waals surface area contributed by atoms with Crippen LogP contribution < -0.4 is 5.32 Å². The summed E-state index contributed by atoms with van der Waals surface area (Å²) in [6.45, 7) is 5.82. The predicted molar refractivity (Wildman–Crippen MR) is 85.2 cm³/mol. The van der Waals surface area contributed by atoms with E-state index >= 15 is 0 Å². The van der Waals surface area contributed by atoms with Crippen molar-refractivity contribution in [3.63, 3.8) is 0 Å². The van der Waals surface area contributed by atoms with Gasteiger partial charge in [0, 0.05) is 18.0 Å². The van der Waals surface area contributed by atoms with E-state index in [1.807, 2.05) is 20.8 Å². The van der Waals surface area contributed by atoms with Gasteiger partial charge in [-0.2, -0.15) is 0 Å². The van der Waals surface area contributed by atoms with Gasteiger partial charge < -0.3 is 5.32 Å². The Bertz CT molecular complexity index is 690. The summed E-state index contributed by atoms with van der Waals surface area (Å²) in [5, 5.41) is 2.81. The number of nitrogens with one attached hydrogen (secondary N) is 1. The molecule has 0 saturated heterocycles. The van der Waals surface area contributed by atoms with Crippen LogP contribution in [-0.2, 0) is 0 Å². The third-order valence-electron chi connectivity index (χ3n) is 2.85. The van der Waals surface area contributed by atoms with E-state index in [2.05, 4.69) is 15.3 Å². The van der Waals surface area contributed by atoms with Gasteiger partial charge in [-0.1, -0.05) is 6.92 Å². The first-order valence-corrected chi connectivity index (χ1v) is 7.61. The van der Waals surface area contributed by atoms with E-state index < -0.39 is 11.6 Å². The van der Waals surface area contributed by atoms with Crippen LogP contribution in [0.2, 0.25) is 0 Å². The largest absolute Gasteiger partial charge is 0.354 e. The molecule has 0 aliphatic rings. The van der Waals surface area contributed by atoms with Crippen LogP contribution in [0, 0.1) is 11.6 Å². The topological polar surface area (TPSA) is 37.3 Å². The predicted octanol–water partition coefficient (Wildman–Crippen LogP) is 4.76. The van der Waals surface area contributed by atoms with Crippen molar-refractivity contribution in [2.75, 3.05) is 5.32 Å². The van der Waals surface area contributed by atoms with Crippen LogP contribution in [0.25, 0.3) is 10.2 Å². The molecule has 1 N–H and O–H groups in total. The Labute approximate surface area is 126 Å². The van der Waals surface area contributed by atoms with Gasteiger partial charge in [0.25, 0.3) is 0 Å². The fourth-order valence-electron chi connectivity index (χ4n) is 1.76. The van der Waals surface area contributed by atoms with Crippen LogP contribution in [0.3, 0.4) is 0 Å². The number of hydrogen-bond donors (Lipinski definition) is 1. The second-order valence-electron chi connectivity index (χ2n) is 4.81. The summed E-state index contributed by atoms with van der Waals surface area (Å²) in [5.41, 5.74) is 2.21. The smallest absolute Gasteiger partial charge is 0.176 e. The van der Waals surface area contributed by atoms with E-state index in [1.54, 1.807) is 12.3 Å². The molecule has 3 nitrogen and oxygen atoms in total. The molecule has 6 heteroatoms. The van der Waals surface area contributed by atoms with Crippen molar-refractivity contribution in [1.82, 2.24) is 4.98 Å². The van der Waals surface area contributed by atoms with Gasteiger partial charge in [-0.15, -0.1) is 11.3 Å². The second-order valence-corrected chi connectivity index (χ2v) is 5.70. The van der Waals surface area contributed by atoms with Crippen LogP contribution in [-0.4, -0.2) is 17.2 Å². The lowest BCUT2D eigenvalue weighted by Gasteiger charge is -2.11. The van der Waals surface area contributed by atoms with Gasteiger partial charge in [0.15, 0.2) is 11.6 Å². The van der Waals surface area contributed by atoms with Crippen molar-refractivity contribution in [1.29, 1.82) is 0 Å². The number of aliphatic imine (C=N–C) groups is 1. The fourth-order valence-corrected chi connectivity index (χ4v) is 2.46. The van der Waals surface area contributed by atoms with Crippen LogP contribution in [0.4, 0.5) is 14.5 Å². The SMILES string of the molecule is CC/C(=C\C=NC(C)C)Nc1c(F)cc2scnc2c1F. The van der Waals surface area contributed by atoms with Crippen molar-refractivity contribution < 1.29 is 8.78 Å². The standard InChI is InChI=1S/C15H17F2N3S/c1-4-10(5-6-18-9(2)3)20-14-11(16)7-12-15(13(14)17)19-8-21-12/h5-9,20H,4H2,1-3H3/b10-5+,18-6?. The van der Waals surface area contributed by atoms with E-state index in [4.69, 9.17) is 0 Å². The lowest BCUT2D eigenvalue weighted by atomic mass is 10.2. The van der Waals surface area contributed by atoms with Gasteiger partial charge in [-0.3, -0.25) is 4.99 Å². The first-order chi connectivity index (χ1) is 10.0. The number of nitrogens with zero attached hydrogens (tertiary/aromatic N) is 2. The third-order valence-corrected chi connectivity index (χ3v) is 3.62. The van der Waals surface area contributed by atoms with Crippen LogP contribution >= 0.6 is 11.3 Å². The van der Waals surface area contributed by atoms with Gasteiger partial charge >= 0.3 is 0 Å². The summed E-state index contributed by atoms with van der Waals surface area (Å²) >= 11 is 1.21. The van der Waals surface area contributed by atoms with E-state index in [0.29, 0.717) is 16.8 Å². The number of thiazole rings is 1. The minimum absolute atomic E-state index is 0.167. The molecule has 1 heterocycles. The summed E-state index contributed by atoms with van der Waals surface area (Å²) in [5.74, 6) is -1.28. The number of benzene rings is 1. The maximum Gasteiger partial charge on any atom is 0.176 e. The summed E-state index contributed by atoms with van der Waals surface area (Å²) in [7, 11) is 0. The molecule has 21 heavy (non-hydrogen) atoms. The van der Waals surface area contributed by atoms with Crippen molar-refractivity contribution in [3.05, 3.63) is 35.0 Å². The number of allylic oxidation sites excluding steroid dienone is 2. The minimum atomic E-state index is -0.661. The maximum absolute atomic E-state index is 14.3. The third kappa shape index (κ3) is 3.64. The van der Waals surface area contributed by atoms with Gasteiger partial charge in [0.1, 0.15) is 11.2 Å². The monoisotopic (exact) mass is 309 g/mol. The number of fused-ring (bicyclic) bond motifs is 1. The first kappa shape index (κ1) is 15.6. The zero-order valence-electron chi connectivity index (χ0n) is 12.2. The van der Waals surface area contributed by atoms with Gasteiger partial charge in [-0.05, 0) is 32.4 Å². The van der Waals surface area contributed by atoms with Crippen molar-refractivity contribution in [3.8, 4) is 0 Å². The van der Waals surface area contributed by atoms with Crippen molar-refractivity contribution >= 4 is 33.5 Å². The number of rotatable bonds is 5. The molecule has 0 aliphatic carbocycles. The van der Waals surface area contributed by atoms with Gasteiger partial charge in [0.05, 0.1) is 10.2 Å². The molecule has 0 spiro atoms. The summed E-state index contributed by atoms with van der Waals surface area (Å²) in [6, 6.07) is 1.48. The number of hydrogen-bond acceptors (Lipinski definition) is 4. The second kappa shape index (κ2) is 6.76. The highest BCUT2D eigenvalue weighted by Gasteiger charge is 2.16. The Balaban J connectivity index is 2.33. The van der Waals surface area contributed by atoms with E-state index in [-0.39, 0.29) is 17.2 Å². The summed E-state index contributed by atoms with van der Waals surface area (Å²) in [4.78, 5) is 8.13. The van der Waals surface area contributed by atoms with Gasteiger partial charge in [-0.25, -0.2) is 13.8 Å². The highest BCUT2D eigenvalue weighted by Crippen LogP contribution is 2.30. The molecular weight excluding hydrogens is 292 g/mol. The van der Waals surface area contributed by atoms with E-state index in [9.17, 15) is 8.78 Å². The molecule has 2 aromatic rings. The highest BCUT2D eigenvalue weighted by molar-refractivity contribution is 7.16. The molecule has 0 bridgehead atoms. The molecule has 0 radical (unpaired) electrons. The van der Waals surface area contributed by atoms with Crippen LogP contribution in [0.15, 0.2) is 28.3 Å². The Morgan fingerprint density at radius 2 is 2.24 bits per heavy atom. The highest BCUT2D eigenvalue weighted by atomic mass is 32.1. The average Bonchev–Trinajstić information content (AvgIpc) is 2.89. The molecule has 0 saturated carbocycles. The fraction of sp³-hybridized carbons (Fsp3) is 0.333. The number of anilines is 1. The molecule has 0 amide bonds. The summed E-state index contributed by atoms with van der Waals surface area (Å²) in [6.07, 6.45) is 3.98. The van der Waals surface area contributed by atoms with Gasteiger partial charge in [0.2, 0.25) is 0 Å². The Hall–Kier alpha value is -1.82. The number of halogens is 2. The number of aromatic nitrogens is 1. The Morgan fingerprint density at radius 3 is 2.90 bits per heavy atom. The molecule has 1 aromatic heterocycles. The molecule has 112 valence electrons. The van der Waals surface area contributed by atoms with E-state index in [1.165, 1.54) is 22.9 Å². The van der Waals surface area contributed by atoms with Crippen molar-refractivity contribution in [2.45, 2.75) is 33.2 Å². The average molecular weight is 309 g/mol. The molecule has 2 rings (SSSR count). The normalized spacial score (nSPS) is 12.8. The zero-order chi connectivity index (χ0) is 15.4. The molecule has 0 fully saturated rings. The molecule has 0 aliphatic heterocycles. The maximum atomic E-state index is 14.3. The molecule has 0 unspecified atom stereocenters. The molecule has 0 atom stereocenters. The Morgan fingerprint density at radius 1 is 1.48 bits per heavy atom. The first-order valence-electron chi connectivity index (χ1n) is 6.73. The zero-order valence-corrected chi connectivity index (χ0v) is 13.0. The lowest BCUT2D eigenvalue weighted by molar-refractivity contribution is 0.597. The van der Waals surface area contributed by atoms with Crippen molar-refractivity contribution in [2.24, 2.45) is 4.99 Å².